The first-order valence-corrected chi connectivity index (χ1v) is 13.8. The van der Waals surface area contributed by atoms with E-state index in [0.717, 1.165) is 6.42 Å². The summed E-state index contributed by atoms with van der Waals surface area (Å²) in [6, 6.07) is 44.4. The molecule has 0 atom stereocenters. The Balaban J connectivity index is 1.43. The molecule has 38 heavy (non-hydrogen) atoms. The molecule has 1 heterocycles. The van der Waals surface area contributed by atoms with Crippen LogP contribution in [0.25, 0.3) is 44.5 Å². The van der Waals surface area contributed by atoms with Gasteiger partial charge >= 0.3 is 0 Å². The number of rotatable bonds is 6. The van der Waals surface area contributed by atoms with Gasteiger partial charge in [-0.25, -0.2) is 0 Å². The Morgan fingerprint density at radius 1 is 0.500 bits per heavy atom. The van der Waals surface area contributed by atoms with Crippen LogP contribution < -0.4 is 4.90 Å². The van der Waals surface area contributed by atoms with E-state index in [-0.39, 0.29) is 5.54 Å². The Kier molecular flexibility index (Phi) is 6.37. The zero-order chi connectivity index (χ0) is 26.1. The largest absolute Gasteiger partial charge is 0.368 e. The van der Waals surface area contributed by atoms with Crippen LogP contribution in [0, 0.1) is 0 Å². The van der Waals surface area contributed by atoms with Crippen LogP contribution in [0.4, 0.5) is 5.69 Å². The van der Waals surface area contributed by atoms with Crippen molar-refractivity contribution in [3.05, 3.63) is 127 Å². The standard InChI is InChI=1S/C37H35N/c1-4-37(5-2)26-32-20-19-31(25-36(32)38(37)3)29-17-12-18-30(21-29)35-23-33(27-13-8-6-9-14-27)22-34(24-35)28-15-10-7-11-16-28/h6-25H,4-5,26H2,1-3H3. The molecule has 5 aromatic rings. The molecule has 0 aliphatic carbocycles. The van der Waals surface area contributed by atoms with Crippen LogP contribution >= 0.6 is 0 Å². The molecule has 1 nitrogen and oxygen atoms in total. The van der Waals surface area contributed by atoms with E-state index >= 15 is 0 Å². The fraction of sp³-hybridized carbons (Fsp3) is 0.189. The molecule has 0 amide bonds. The predicted octanol–water partition coefficient (Wildman–Crippen LogP) is 9.91. The predicted molar refractivity (Wildman–Crippen MR) is 164 cm³/mol. The average Bonchev–Trinajstić information content (AvgIpc) is 3.29. The Morgan fingerprint density at radius 3 is 1.50 bits per heavy atom. The highest BCUT2D eigenvalue weighted by molar-refractivity contribution is 5.83. The fourth-order valence-electron chi connectivity index (χ4n) is 6.18. The second-order valence-corrected chi connectivity index (χ2v) is 10.6. The summed E-state index contributed by atoms with van der Waals surface area (Å²) in [5.41, 5.74) is 13.1. The molecular weight excluding hydrogens is 458 g/mol. The van der Waals surface area contributed by atoms with Crippen LogP contribution in [0.2, 0.25) is 0 Å². The molecule has 0 saturated heterocycles. The van der Waals surface area contributed by atoms with Crippen molar-refractivity contribution < 1.29 is 0 Å². The molecular formula is C37H35N. The lowest BCUT2D eigenvalue weighted by atomic mass is 9.88. The molecule has 0 spiro atoms. The summed E-state index contributed by atoms with van der Waals surface area (Å²) < 4.78 is 0. The number of hydrogen-bond donors (Lipinski definition) is 0. The van der Waals surface area contributed by atoms with E-state index in [4.69, 9.17) is 0 Å². The van der Waals surface area contributed by atoms with Crippen LogP contribution in [-0.2, 0) is 6.42 Å². The lowest BCUT2D eigenvalue weighted by Crippen LogP contribution is -2.43. The van der Waals surface area contributed by atoms with E-state index in [2.05, 4.69) is 147 Å². The van der Waals surface area contributed by atoms with Crippen molar-refractivity contribution in [1.82, 2.24) is 0 Å². The van der Waals surface area contributed by atoms with Crippen molar-refractivity contribution in [3.8, 4) is 44.5 Å². The van der Waals surface area contributed by atoms with Gasteiger partial charge in [-0.05, 0) is 99.7 Å². The van der Waals surface area contributed by atoms with Crippen molar-refractivity contribution in [2.24, 2.45) is 0 Å². The molecule has 0 N–H and O–H groups in total. The third-order valence-electron chi connectivity index (χ3n) is 8.67. The van der Waals surface area contributed by atoms with Crippen molar-refractivity contribution >= 4 is 5.69 Å². The van der Waals surface area contributed by atoms with Crippen LogP contribution in [0.15, 0.2) is 121 Å². The van der Waals surface area contributed by atoms with Gasteiger partial charge in [0.2, 0.25) is 0 Å². The van der Waals surface area contributed by atoms with Crippen molar-refractivity contribution in [2.75, 3.05) is 11.9 Å². The number of nitrogens with zero attached hydrogens (tertiary/aromatic N) is 1. The van der Waals surface area contributed by atoms with Gasteiger partial charge in [-0.1, -0.05) is 105 Å². The Morgan fingerprint density at radius 2 is 0.947 bits per heavy atom. The highest BCUT2D eigenvalue weighted by atomic mass is 15.2. The van der Waals surface area contributed by atoms with Crippen LogP contribution in [0.3, 0.4) is 0 Å². The zero-order valence-electron chi connectivity index (χ0n) is 22.6. The van der Waals surface area contributed by atoms with Gasteiger partial charge < -0.3 is 4.90 Å². The summed E-state index contributed by atoms with van der Waals surface area (Å²) in [6.07, 6.45) is 3.47. The fourth-order valence-corrected chi connectivity index (χ4v) is 6.18. The average molecular weight is 494 g/mol. The van der Waals surface area contributed by atoms with Gasteiger partial charge in [-0.3, -0.25) is 0 Å². The monoisotopic (exact) mass is 493 g/mol. The first-order valence-electron chi connectivity index (χ1n) is 13.8. The number of benzene rings is 5. The summed E-state index contributed by atoms with van der Waals surface area (Å²) >= 11 is 0. The highest BCUT2D eigenvalue weighted by Gasteiger charge is 2.38. The van der Waals surface area contributed by atoms with Gasteiger partial charge in [0.15, 0.2) is 0 Å². The lowest BCUT2D eigenvalue weighted by molar-refractivity contribution is 0.395. The second-order valence-electron chi connectivity index (χ2n) is 10.6. The smallest absolute Gasteiger partial charge is 0.0434 e. The molecule has 0 fully saturated rings. The lowest BCUT2D eigenvalue weighted by Gasteiger charge is -2.36. The highest BCUT2D eigenvalue weighted by Crippen LogP contribution is 2.43. The molecule has 0 bridgehead atoms. The number of anilines is 1. The summed E-state index contributed by atoms with van der Waals surface area (Å²) in [5, 5.41) is 0. The number of likely N-dealkylation sites (N-methyl/N-ethyl adjacent to an activating group) is 1. The quantitative estimate of drug-likeness (QED) is 0.227. The minimum absolute atomic E-state index is 0.245. The summed E-state index contributed by atoms with van der Waals surface area (Å²) in [4.78, 5) is 2.53. The molecule has 6 rings (SSSR count). The minimum Gasteiger partial charge on any atom is -0.368 e. The summed E-state index contributed by atoms with van der Waals surface area (Å²) in [6.45, 7) is 4.65. The Hall–Kier alpha value is -4.10. The van der Waals surface area contributed by atoms with Gasteiger partial charge in [0.1, 0.15) is 0 Å². The van der Waals surface area contributed by atoms with E-state index < -0.39 is 0 Å². The van der Waals surface area contributed by atoms with E-state index in [1.807, 2.05) is 0 Å². The number of fused-ring (bicyclic) bond motifs is 1. The van der Waals surface area contributed by atoms with Gasteiger partial charge in [0.25, 0.3) is 0 Å². The maximum Gasteiger partial charge on any atom is 0.0434 e. The first kappa shape index (κ1) is 24.2. The van der Waals surface area contributed by atoms with Gasteiger partial charge in [-0.2, -0.15) is 0 Å². The van der Waals surface area contributed by atoms with E-state index in [9.17, 15) is 0 Å². The molecule has 0 saturated carbocycles. The molecule has 1 aliphatic heterocycles. The normalized spacial score (nSPS) is 13.9. The van der Waals surface area contributed by atoms with Crippen LogP contribution in [-0.4, -0.2) is 12.6 Å². The van der Waals surface area contributed by atoms with E-state index in [1.165, 1.54) is 68.6 Å². The van der Waals surface area contributed by atoms with Gasteiger partial charge in [0, 0.05) is 18.3 Å². The molecule has 0 radical (unpaired) electrons. The SMILES string of the molecule is CCC1(CC)Cc2ccc(-c3cccc(-c4cc(-c5ccccc5)cc(-c5ccccc5)c4)c3)cc2N1C. The Labute approximate surface area is 227 Å². The second kappa shape index (κ2) is 9.99. The van der Waals surface area contributed by atoms with E-state index in [1.54, 1.807) is 0 Å². The molecule has 1 heteroatoms. The molecule has 1 aliphatic rings. The van der Waals surface area contributed by atoms with Gasteiger partial charge in [-0.15, -0.1) is 0 Å². The minimum atomic E-state index is 0.245. The molecule has 5 aromatic carbocycles. The van der Waals surface area contributed by atoms with Crippen molar-refractivity contribution in [2.45, 2.75) is 38.6 Å². The molecule has 0 unspecified atom stereocenters. The summed E-state index contributed by atoms with van der Waals surface area (Å²) in [5.74, 6) is 0. The van der Waals surface area contributed by atoms with Gasteiger partial charge in [0.05, 0.1) is 0 Å². The topological polar surface area (TPSA) is 3.24 Å². The van der Waals surface area contributed by atoms with Crippen LogP contribution in [0.5, 0.6) is 0 Å². The third-order valence-corrected chi connectivity index (χ3v) is 8.67. The van der Waals surface area contributed by atoms with Crippen molar-refractivity contribution in [3.63, 3.8) is 0 Å². The Bertz CT molecular complexity index is 1500. The maximum absolute atomic E-state index is 2.53. The van der Waals surface area contributed by atoms with E-state index in [0.29, 0.717) is 0 Å². The van der Waals surface area contributed by atoms with Crippen LogP contribution in [0.1, 0.15) is 32.3 Å². The molecule has 188 valence electrons. The maximum atomic E-state index is 2.53. The third kappa shape index (κ3) is 4.33. The van der Waals surface area contributed by atoms with Crippen molar-refractivity contribution in [1.29, 1.82) is 0 Å². The number of hydrogen-bond acceptors (Lipinski definition) is 1. The zero-order valence-corrected chi connectivity index (χ0v) is 22.6. The summed E-state index contributed by atoms with van der Waals surface area (Å²) in [7, 11) is 2.28. The molecule has 0 aromatic heterocycles. The first-order chi connectivity index (χ1) is 18.6.